The molecule has 122 valence electrons. The topological polar surface area (TPSA) is 85.8 Å². The second-order valence-corrected chi connectivity index (χ2v) is 5.05. The molecule has 1 aromatic heterocycles. The Labute approximate surface area is 137 Å². The maximum Gasteiger partial charge on any atom is 0.333 e. The molecule has 1 aromatic carbocycles. The molecule has 0 saturated heterocycles. The van der Waals surface area contributed by atoms with Crippen molar-refractivity contribution in [2.45, 2.75) is 12.8 Å². The van der Waals surface area contributed by atoms with Gasteiger partial charge in [0.25, 0.3) is 11.8 Å². The molecule has 2 heterocycles. The van der Waals surface area contributed by atoms with Gasteiger partial charge in [0.1, 0.15) is 5.75 Å². The van der Waals surface area contributed by atoms with Gasteiger partial charge in [-0.15, -0.1) is 0 Å². The number of carbonyl (C=O) groups excluding carboxylic acids is 3. The summed E-state index contributed by atoms with van der Waals surface area (Å²) in [7, 11) is 0. The van der Waals surface area contributed by atoms with Gasteiger partial charge in [-0.2, -0.15) is 0 Å². The maximum absolute atomic E-state index is 12.1. The first-order valence-electron chi connectivity index (χ1n) is 7.38. The van der Waals surface area contributed by atoms with E-state index < -0.39 is 17.8 Å². The quantitative estimate of drug-likeness (QED) is 0.596. The lowest BCUT2D eigenvalue weighted by Crippen LogP contribution is -2.32. The van der Waals surface area contributed by atoms with E-state index in [0.717, 1.165) is 0 Å². The number of rotatable bonds is 6. The second kappa shape index (κ2) is 6.91. The van der Waals surface area contributed by atoms with E-state index in [4.69, 9.17) is 9.57 Å². The largest absolute Gasteiger partial charge is 0.492 e. The van der Waals surface area contributed by atoms with E-state index in [1.54, 1.807) is 36.7 Å². The Morgan fingerprint density at radius 3 is 2.38 bits per heavy atom. The lowest BCUT2D eigenvalue weighted by molar-refractivity contribution is -0.168. The third-order valence-electron chi connectivity index (χ3n) is 3.38. The van der Waals surface area contributed by atoms with Crippen LogP contribution in [0.4, 0.5) is 0 Å². The first-order valence-corrected chi connectivity index (χ1v) is 7.38. The van der Waals surface area contributed by atoms with Crippen molar-refractivity contribution in [2.24, 2.45) is 0 Å². The first kappa shape index (κ1) is 15.7. The van der Waals surface area contributed by atoms with Gasteiger partial charge in [0.05, 0.1) is 30.4 Å². The Morgan fingerprint density at radius 2 is 1.75 bits per heavy atom. The van der Waals surface area contributed by atoms with Crippen LogP contribution in [-0.4, -0.2) is 34.4 Å². The van der Waals surface area contributed by atoms with Gasteiger partial charge in [-0.1, -0.05) is 17.2 Å². The van der Waals surface area contributed by atoms with Crippen LogP contribution in [0.15, 0.2) is 48.8 Å². The minimum absolute atomic E-state index is 0.0215. The van der Waals surface area contributed by atoms with Crippen molar-refractivity contribution in [1.82, 2.24) is 10.0 Å². The van der Waals surface area contributed by atoms with Crippen LogP contribution in [0.25, 0.3) is 0 Å². The highest BCUT2D eigenvalue weighted by Crippen LogP contribution is 2.22. The van der Waals surface area contributed by atoms with E-state index in [9.17, 15) is 14.4 Å². The molecule has 0 fully saturated rings. The molecule has 2 aromatic rings. The molecule has 0 unspecified atom stereocenters. The molecule has 0 radical (unpaired) electrons. The molecule has 0 N–H and O–H groups in total. The molecule has 0 spiro atoms. The zero-order valence-corrected chi connectivity index (χ0v) is 12.7. The minimum Gasteiger partial charge on any atom is -0.492 e. The number of aromatic nitrogens is 1. The van der Waals surface area contributed by atoms with Crippen molar-refractivity contribution in [3.8, 4) is 5.75 Å². The van der Waals surface area contributed by atoms with Crippen molar-refractivity contribution in [2.75, 3.05) is 6.61 Å². The minimum atomic E-state index is -0.667. The first-order chi connectivity index (χ1) is 11.7. The molecule has 0 saturated carbocycles. The van der Waals surface area contributed by atoms with Crippen LogP contribution in [0.1, 0.15) is 33.6 Å². The van der Waals surface area contributed by atoms with Crippen molar-refractivity contribution in [3.05, 3.63) is 59.9 Å². The predicted molar refractivity (Wildman–Crippen MR) is 82.0 cm³/mol. The van der Waals surface area contributed by atoms with Gasteiger partial charge >= 0.3 is 5.97 Å². The van der Waals surface area contributed by atoms with Crippen LogP contribution in [-0.2, 0) is 9.63 Å². The lowest BCUT2D eigenvalue weighted by atomic mass is 10.1. The highest BCUT2D eigenvalue weighted by atomic mass is 16.7. The molecular weight excluding hydrogens is 312 g/mol. The fraction of sp³-hybridized carbons (Fsp3) is 0.176. The molecule has 0 atom stereocenters. The number of carbonyl (C=O) groups is 3. The van der Waals surface area contributed by atoms with Crippen molar-refractivity contribution in [1.29, 1.82) is 0 Å². The van der Waals surface area contributed by atoms with Crippen molar-refractivity contribution >= 4 is 17.8 Å². The molecular formula is C17H14N2O5. The Bertz CT molecular complexity index is 741. The van der Waals surface area contributed by atoms with E-state index in [0.29, 0.717) is 23.8 Å². The number of hydroxylamine groups is 2. The Hall–Kier alpha value is -3.22. The number of benzene rings is 1. The Morgan fingerprint density at radius 1 is 1.04 bits per heavy atom. The van der Waals surface area contributed by atoms with Gasteiger partial charge in [-0.3, -0.25) is 14.6 Å². The monoisotopic (exact) mass is 326 g/mol. The molecule has 7 nitrogen and oxygen atoms in total. The zero-order chi connectivity index (χ0) is 16.9. The van der Waals surface area contributed by atoms with Crippen molar-refractivity contribution < 1.29 is 24.0 Å². The van der Waals surface area contributed by atoms with Gasteiger partial charge in [0.2, 0.25) is 0 Å². The molecule has 1 aliphatic heterocycles. The fourth-order valence-corrected chi connectivity index (χ4v) is 2.24. The summed E-state index contributed by atoms with van der Waals surface area (Å²) in [6, 6.07) is 9.82. The maximum atomic E-state index is 12.1. The van der Waals surface area contributed by atoms with Crippen LogP contribution < -0.4 is 4.74 Å². The van der Waals surface area contributed by atoms with E-state index in [1.807, 2.05) is 0 Å². The number of ether oxygens (including phenoxy) is 1. The van der Waals surface area contributed by atoms with E-state index in [-0.39, 0.29) is 17.5 Å². The standard InChI is InChI=1S/C17H14N2O5/c20-15(8-4-10-23-12-5-3-9-18-11-12)24-19-16(21)13-6-1-2-7-14(13)17(19)22/h1-3,5-7,9,11H,4,8,10H2. The fourth-order valence-electron chi connectivity index (χ4n) is 2.24. The van der Waals surface area contributed by atoms with E-state index in [2.05, 4.69) is 4.98 Å². The normalized spacial score (nSPS) is 12.9. The summed E-state index contributed by atoms with van der Waals surface area (Å²) < 4.78 is 5.40. The summed E-state index contributed by atoms with van der Waals surface area (Å²) in [6.45, 7) is 0.295. The smallest absolute Gasteiger partial charge is 0.333 e. The number of imide groups is 1. The van der Waals surface area contributed by atoms with Gasteiger partial charge in [0.15, 0.2) is 0 Å². The van der Waals surface area contributed by atoms with Crippen LogP contribution in [0.2, 0.25) is 0 Å². The molecule has 7 heteroatoms. The molecule has 2 amide bonds. The van der Waals surface area contributed by atoms with Crippen LogP contribution >= 0.6 is 0 Å². The predicted octanol–water partition coefficient (Wildman–Crippen LogP) is 2.00. The van der Waals surface area contributed by atoms with Gasteiger partial charge in [-0.05, 0) is 30.7 Å². The Kier molecular flexibility index (Phi) is 4.51. The van der Waals surface area contributed by atoms with E-state index in [1.165, 1.54) is 12.1 Å². The molecule has 24 heavy (non-hydrogen) atoms. The number of hydrogen-bond acceptors (Lipinski definition) is 6. The van der Waals surface area contributed by atoms with Gasteiger partial charge in [0, 0.05) is 6.20 Å². The third kappa shape index (κ3) is 3.24. The average Bonchev–Trinajstić information content (AvgIpc) is 2.85. The van der Waals surface area contributed by atoms with Crippen LogP contribution in [0.3, 0.4) is 0 Å². The van der Waals surface area contributed by atoms with Crippen molar-refractivity contribution in [3.63, 3.8) is 0 Å². The second-order valence-electron chi connectivity index (χ2n) is 5.05. The van der Waals surface area contributed by atoms with Crippen LogP contribution in [0.5, 0.6) is 5.75 Å². The molecule has 1 aliphatic rings. The number of nitrogens with zero attached hydrogens (tertiary/aromatic N) is 2. The number of pyridine rings is 1. The number of hydrogen-bond donors (Lipinski definition) is 0. The summed E-state index contributed by atoms with van der Waals surface area (Å²) in [5.74, 6) is -1.32. The van der Waals surface area contributed by atoms with E-state index >= 15 is 0 Å². The molecule has 3 rings (SSSR count). The highest BCUT2D eigenvalue weighted by Gasteiger charge is 2.38. The van der Waals surface area contributed by atoms with Gasteiger partial charge in [-0.25, -0.2) is 4.79 Å². The lowest BCUT2D eigenvalue weighted by Gasteiger charge is -2.12. The van der Waals surface area contributed by atoms with Crippen LogP contribution in [0, 0.1) is 0 Å². The summed E-state index contributed by atoms with van der Waals surface area (Å²) in [5, 5.41) is 0.509. The summed E-state index contributed by atoms with van der Waals surface area (Å²) >= 11 is 0. The molecule has 0 bridgehead atoms. The summed E-state index contributed by atoms with van der Waals surface area (Å²) in [4.78, 5) is 44.7. The number of fused-ring (bicyclic) bond motifs is 1. The Balaban J connectivity index is 1.48. The molecule has 0 aliphatic carbocycles. The number of amides is 2. The van der Waals surface area contributed by atoms with Gasteiger partial charge < -0.3 is 9.57 Å². The third-order valence-corrected chi connectivity index (χ3v) is 3.38. The summed E-state index contributed by atoms with van der Waals surface area (Å²) in [5.41, 5.74) is 0.463. The highest BCUT2D eigenvalue weighted by molar-refractivity contribution is 6.20. The average molecular weight is 326 g/mol. The SMILES string of the molecule is O=C(CCCOc1cccnc1)ON1C(=O)c2ccccc2C1=O. The zero-order valence-electron chi connectivity index (χ0n) is 12.7. The summed E-state index contributed by atoms with van der Waals surface area (Å²) in [6.07, 6.45) is 3.61.